The zero-order valence-electron chi connectivity index (χ0n) is 19.1. The van der Waals surface area contributed by atoms with Crippen molar-refractivity contribution in [2.45, 2.75) is 63.2 Å². The molecular formula is C24H26ClN3O7. The number of ketones is 3. The zero-order valence-corrected chi connectivity index (χ0v) is 19.9. The van der Waals surface area contributed by atoms with E-state index in [1.807, 2.05) is 0 Å². The summed E-state index contributed by atoms with van der Waals surface area (Å²) < 4.78 is 12.1. The standard InChI is InChI=1S/C24H26ClN3O7/c1-12(29)17-11-16-19(21(31)15-5-3-2-4-14(15)20(16)30)22(34-17)35-24(27-23(26)32)8-6-13(7-9-25)10-18(24)28-33/h2-5,13,17-18,22H,6-11H2,1H3,(H3,26,27,32)/t13?,17-,18?,22+,24?/m1/s1. The molecule has 1 aromatic carbocycles. The summed E-state index contributed by atoms with van der Waals surface area (Å²) in [6.45, 7) is 1.31. The maximum Gasteiger partial charge on any atom is 0.314 e. The highest BCUT2D eigenvalue weighted by molar-refractivity contribution is 6.27. The minimum absolute atomic E-state index is 0.0515. The number of halogens is 1. The van der Waals surface area contributed by atoms with E-state index < -0.39 is 41.8 Å². The van der Waals surface area contributed by atoms with Crippen LogP contribution in [0.1, 0.15) is 59.7 Å². The first kappa shape index (κ1) is 25.2. The lowest BCUT2D eigenvalue weighted by Gasteiger charge is -2.46. The first-order valence-corrected chi connectivity index (χ1v) is 12.0. The van der Waals surface area contributed by atoms with Gasteiger partial charge in [0.1, 0.15) is 12.1 Å². The molecule has 11 heteroatoms. The smallest absolute Gasteiger partial charge is 0.314 e. The number of rotatable bonds is 7. The number of ether oxygens (including phenoxy) is 2. The number of carbonyl (C=O) groups excluding carboxylic acids is 4. The summed E-state index contributed by atoms with van der Waals surface area (Å²) >= 11 is 5.87. The predicted octanol–water partition coefficient (Wildman–Crippen LogP) is 3.01. The van der Waals surface area contributed by atoms with Crippen molar-refractivity contribution < 1.29 is 28.7 Å². The number of fused-ring (bicyclic) bond motifs is 1. The molecule has 2 amide bonds. The summed E-state index contributed by atoms with van der Waals surface area (Å²) in [5, 5.41) is 5.70. The van der Waals surface area contributed by atoms with Gasteiger partial charge >= 0.3 is 6.03 Å². The van der Waals surface area contributed by atoms with Gasteiger partial charge in [0, 0.05) is 29.0 Å². The summed E-state index contributed by atoms with van der Waals surface area (Å²) in [6.07, 6.45) is -1.07. The number of urea groups is 1. The number of nitrogens with zero attached hydrogens (tertiary/aromatic N) is 1. The number of primary amides is 1. The van der Waals surface area contributed by atoms with Crippen molar-refractivity contribution in [1.82, 2.24) is 5.32 Å². The average Bonchev–Trinajstić information content (AvgIpc) is 2.83. The number of Topliss-reactive ketones (excluding diaryl/α,β-unsaturated/α-hetero) is 3. The minimum atomic E-state index is -1.70. The number of hydrogen-bond donors (Lipinski definition) is 2. The van der Waals surface area contributed by atoms with Gasteiger partial charge in [-0.1, -0.05) is 29.4 Å². The monoisotopic (exact) mass is 503 g/mol. The largest absolute Gasteiger partial charge is 0.352 e. The summed E-state index contributed by atoms with van der Waals surface area (Å²) in [5.41, 5.74) is 4.21. The summed E-state index contributed by atoms with van der Waals surface area (Å²) in [5.74, 6) is -0.782. The molecule has 186 valence electrons. The van der Waals surface area contributed by atoms with Crippen molar-refractivity contribution >= 4 is 35.0 Å². The lowest BCUT2D eigenvalue weighted by atomic mass is 9.78. The van der Waals surface area contributed by atoms with Crippen LogP contribution in [0.25, 0.3) is 0 Å². The van der Waals surface area contributed by atoms with Crippen LogP contribution >= 0.6 is 11.6 Å². The van der Waals surface area contributed by atoms with Gasteiger partial charge in [-0.15, -0.1) is 11.6 Å². The fraction of sp³-hybridized carbons (Fsp3) is 0.500. The van der Waals surface area contributed by atoms with Gasteiger partial charge in [-0.05, 0) is 38.5 Å². The van der Waals surface area contributed by atoms with Crippen LogP contribution < -0.4 is 11.1 Å². The highest BCUT2D eigenvalue weighted by atomic mass is 35.5. The van der Waals surface area contributed by atoms with E-state index in [9.17, 15) is 24.1 Å². The highest BCUT2D eigenvalue weighted by Gasteiger charge is 2.52. The number of alkyl halides is 1. The van der Waals surface area contributed by atoms with Gasteiger partial charge in [0.2, 0.25) is 0 Å². The summed E-state index contributed by atoms with van der Waals surface area (Å²) in [6, 6.07) is 4.33. The van der Waals surface area contributed by atoms with Crippen LogP contribution in [0, 0.1) is 10.8 Å². The number of hydrogen-bond acceptors (Lipinski definition) is 8. The molecule has 1 aliphatic heterocycles. The maximum absolute atomic E-state index is 13.5. The van der Waals surface area contributed by atoms with Gasteiger partial charge in [-0.2, -0.15) is 4.91 Å². The van der Waals surface area contributed by atoms with E-state index in [0.29, 0.717) is 18.7 Å². The van der Waals surface area contributed by atoms with E-state index in [-0.39, 0.29) is 53.2 Å². The molecule has 1 fully saturated rings. The molecule has 3 aliphatic rings. The van der Waals surface area contributed by atoms with Gasteiger partial charge in [-0.25, -0.2) is 4.79 Å². The van der Waals surface area contributed by atoms with E-state index in [0.717, 1.165) is 0 Å². The fourth-order valence-corrected chi connectivity index (χ4v) is 5.45. The second-order valence-corrected chi connectivity index (χ2v) is 9.48. The van der Waals surface area contributed by atoms with Crippen molar-refractivity contribution in [2.75, 3.05) is 5.88 Å². The van der Waals surface area contributed by atoms with Crippen LogP contribution in [0.4, 0.5) is 4.79 Å². The van der Waals surface area contributed by atoms with E-state index in [4.69, 9.17) is 26.8 Å². The van der Waals surface area contributed by atoms with Gasteiger partial charge in [0.25, 0.3) is 0 Å². The predicted molar refractivity (Wildman–Crippen MR) is 125 cm³/mol. The first-order valence-electron chi connectivity index (χ1n) is 11.4. The van der Waals surface area contributed by atoms with Crippen LogP contribution in [-0.4, -0.2) is 53.4 Å². The van der Waals surface area contributed by atoms with Crippen molar-refractivity contribution in [3.8, 4) is 0 Å². The SMILES string of the molecule is CC(=O)[C@H]1CC2=C(C(=O)c3ccccc3C2=O)[C@H](OC2(NC(N)=O)CCC(CCCl)CC2N=O)O1. The lowest BCUT2D eigenvalue weighted by Crippen LogP contribution is -2.63. The van der Waals surface area contributed by atoms with Gasteiger partial charge in [0.15, 0.2) is 29.4 Å². The third-order valence-electron chi connectivity index (χ3n) is 6.94. The first-order chi connectivity index (χ1) is 16.7. The Kier molecular flexibility index (Phi) is 7.16. The molecule has 2 aliphatic carbocycles. The second-order valence-electron chi connectivity index (χ2n) is 9.10. The van der Waals surface area contributed by atoms with Crippen molar-refractivity contribution in [1.29, 1.82) is 0 Å². The number of amides is 2. The van der Waals surface area contributed by atoms with Crippen molar-refractivity contribution in [3.63, 3.8) is 0 Å². The van der Waals surface area contributed by atoms with Crippen LogP contribution in [0.2, 0.25) is 0 Å². The Morgan fingerprint density at radius 3 is 2.54 bits per heavy atom. The van der Waals surface area contributed by atoms with E-state index >= 15 is 0 Å². The average molecular weight is 504 g/mol. The van der Waals surface area contributed by atoms with Crippen LogP contribution in [0.3, 0.4) is 0 Å². The molecule has 0 aromatic heterocycles. The lowest BCUT2D eigenvalue weighted by molar-refractivity contribution is -0.233. The number of nitrogens with two attached hydrogens (primary N) is 1. The van der Waals surface area contributed by atoms with Crippen LogP contribution in [0.5, 0.6) is 0 Å². The summed E-state index contributed by atoms with van der Waals surface area (Å²) in [7, 11) is 0. The Morgan fingerprint density at radius 1 is 1.26 bits per heavy atom. The number of carbonyl (C=O) groups is 4. The maximum atomic E-state index is 13.5. The molecule has 0 saturated heterocycles. The molecule has 1 heterocycles. The Hall–Kier alpha value is -2.95. The summed E-state index contributed by atoms with van der Waals surface area (Å²) in [4.78, 5) is 62.9. The van der Waals surface area contributed by atoms with Crippen molar-refractivity contribution in [2.24, 2.45) is 16.8 Å². The van der Waals surface area contributed by atoms with Gasteiger partial charge in [0.05, 0.1) is 5.57 Å². The molecular weight excluding hydrogens is 478 g/mol. The Balaban J connectivity index is 1.77. The number of nitrogens with one attached hydrogen (secondary N) is 1. The molecule has 3 unspecified atom stereocenters. The number of benzene rings is 1. The van der Waals surface area contributed by atoms with Crippen molar-refractivity contribution in [3.05, 3.63) is 51.4 Å². The molecule has 0 bridgehead atoms. The van der Waals surface area contributed by atoms with Gasteiger partial charge < -0.3 is 20.5 Å². The minimum Gasteiger partial charge on any atom is -0.352 e. The molecule has 0 spiro atoms. The normalized spacial score (nSPS) is 30.3. The van der Waals surface area contributed by atoms with Crippen LogP contribution in [-0.2, 0) is 14.3 Å². The Labute approximate surface area is 206 Å². The third kappa shape index (κ3) is 4.65. The molecule has 4 rings (SSSR count). The van der Waals surface area contributed by atoms with Gasteiger partial charge in [-0.3, -0.25) is 14.4 Å². The van der Waals surface area contributed by atoms with E-state index in [1.165, 1.54) is 13.0 Å². The third-order valence-corrected chi connectivity index (χ3v) is 7.16. The molecule has 1 saturated carbocycles. The van der Waals surface area contributed by atoms with Crippen LogP contribution in [0.15, 0.2) is 40.6 Å². The quantitative estimate of drug-likeness (QED) is 0.329. The Bertz CT molecular complexity index is 1120. The van der Waals surface area contributed by atoms with E-state index in [1.54, 1.807) is 18.2 Å². The topological polar surface area (TPSA) is 154 Å². The molecule has 1 aromatic rings. The van der Waals surface area contributed by atoms with E-state index in [2.05, 4.69) is 10.5 Å². The highest BCUT2D eigenvalue weighted by Crippen LogP contribution is 2.42. The zero-order chi connectivity index (χ0) is 25.3. The molecule has 5 atom stereocenters. The number of nitroso groups, excluding NO2 is 1. The Morgan fingerprint density at radius 2 is 1.94 bits per heavy atom. The molecule has 35 heavy (non-hydrogen) atoms. The molecule has 0 radical (unpaired) electrons. The molecule has 10 nitrogen and oxygen atoms in total. The second kappa shape index (κ2) is 9.96. The fourth-order valence-electron chi connectivity index (χ4n) is 5.14. The molecule has 3 N–H and O–H groups in total.